The lowest BCUT2D eigenvalue weighted by molar-refractivity contribution is 0.352. The summed E-state index contributed by atoms with van der Waals surface area (Å²) in [6.45, 7) is 1.56. The zero-order valence-electron chi connectivity index (χ0n) is 13.7. The summed E-state index contributed by atoms with van der Waals surface area (Å²) >= 11 is 11.5. The van der Waals surface area contributed by atoms with Crippen molar-refractivity contribution in [2.75, 3.05) is 0 Å². The molecule has 2 aromatic carbocycles. The lowest BCUT2D eigenvalue weighted by Crippen LogP contribution is -2.29. The van der Waals surface area contributed by atoms with Gasteiger partial charge in [0.05, 0.1) is 5.69 Å². The van der Waals surface area contributed by atoms with Crippen LogP contribution < -0.4 is 5.69 Å². The maximum absolute atomic E-state index is 12.7. The number of hydrogen-bond acceptors (Lipinski definition) is 2. The summed E-state index contributed by atoms with van der Waals surface area (Å²) in [5.74, 6) is 0. The predicted octanol–water partition coefficient (Wildman–Crippen LogP) is 4.21. The molecule has 4 rings (SSSR count). The summed E-state index contributed by atoms with van der Waals surface area (Å²) in [7, 11) is 0. The number of halogens is 1. The van der Waals surface area contributed by atoms with Crippen molar-refractivity contribution in [1.29, 1.82) is 0 Å². The second-order valence-electron chi connectivity index (χ2n) is 6.32. The van der Waals surface area contributed by atoms with E-state index in [0.29, 0.717) is 4.77 Å². The highest BCUT2D eigenvalue weighted by Gasteiger charge is 2.17. The van der Waals surface area contributed by atoms with Gasteiger partial charge in [0.15, 0.2) is 0 Å². The maximum Gasteiger partial charge on any atom is 0.349 e. The Balaban J connectivity index is 1.65. The normalized spacial score (nSPS) is 13.6. The van der Waals surface area contributed by atoms with Crippen molar-refractivity contribution in [2.45, 2.75) is 32.4 Å². The molecule has 0 unspecified atom stereocenters. The van der Waals surface area contributed by atoms with Crippen LogP contribution in [-0.4, -0.2) is 13.9 Å². The fraction of sp³-hybridized carbons (Fsp3) is 0.263. The first-order valence-corrected chi connectivity index (χ1v) is 9.18. The van der Waals surface area contributed by atoms with Gasteiger partial charge in [-0.05, 0) is 66.9 Å². The number of rotatable bonds is 3. The molecule has 0 atom stereocenters. The van der Waals surface area contributed by atoms with E-state index in [1.165, 1.54) is 11.1 Å². The lowest BCUT2D eigenvalue weighted by atomic mass is 10.0. The maximum atomic E-state index is 12.7. The van der Waals surface area contributed by atoms with Gasteiger partial charge in [0, 0.05) is 18.1 Å². The first-order valence-electron chi connectivity index (χ1n) is 8.40. The van der Waals surface area contributed by atoms with E-state index in [1.54, 1.807) is 9.25 Å². The third kappa shape index (κ3) is 3.10. The number of benzene rings is 2. The van der Waals surface area contributed by atoms with Gasteiger partial charge in [0.25, 0.3) is 0 Å². The smallest absolute Gasteiger partial charge is 0.256 e. The standard InChI is InChI=1S/C19H18ClN3OS/c20-16-7-3-14(4-8-16)13-15-5-9-17(10-6-15)23-18(24)21-11-1-2-12-22(21)19(23)25/h3-10H,1-2,11-13H2. The van der Waals surface area contributed by atoms with Gasteiger partial charge in [-0.25, -0.2) is 14.0 Å². The fourth-order valence-electron chi connectivity index (χ4n) is 3.30. The minimum atomic E-state index is -0.0462. The van der Waals surface area contributed by atoms with Gasteiger partial charge < -0.3 is 0 Å². The second-order valence-corrected chi connectivity index (χ2v) is 7.13. The van der Waals surface area contributed by atoms with E-state index < -0.39 is 0 Å². The van der Waals surface area contributed by atoms with Crippen LogP contribution in [0.2, 0.25) is 5.02 Å². The van der Waals surface area contributed by atoms with Crippen molar-refractivity contribution in [1.82, 2.24) is 13.9 Å². The van der Waals surface area contributed by atoms with Gasteiger partial charge in [0.2, 0.25) is 4.77 Å². The largest absolute Gasteiger partial charge is 0.349 e. The van der Waals surface area contributed by atoms with E-state index >= 15 is 0 Å². The zero-order valence-corrected chi connectivity index (χ0v) is 15.3. The Morgan fingerprint density at radius 2 is 1.44 bits per heavy atom. The van der Waals surface area contributed by atoms with E-state index in [-0.39, 0.29) is 5.69 Å². The van der Waals surface area contributed by atoms with Gasteiger partial charge in [-0.3, -0.25) is 4.68 Å². The zero-order chi connectivity index (χ0) is 17.4. The monoisotopic (exact) mass is 371 g/mol. The third-order valence-electron chi connectivity index (χ3n) is 4.62. The Labute approximate surface area is 155 Å². The average Bonchev–Trinajstić information content (AvgIpc) is 2.89. The van der Waals surface area contributed by atoms with Crippen molar-refractivity contribution in [2.24, 2.45) is 0 Å². The van der Waals surface area contributed by atoms with Crippen molar-refractivity contribution in [3.63, 3.8) is 0 Å². The Morgan fingerprint density at radius 1 is 0.880 bits per heavy atom. The average molecular weight is 372 g/mol. The SMILES string of the molecule is O=c1n(-c2ccc(Cc3ccc(Cl)cc3)cc2)c(=S)n2n1CCCC2. The Bertz CT molecular complexity index is 975. The Hall–Kier alpha value is -2.11. The molecular formula is C19H18ClN3OS. The molecule has 0 saturated carbocycles. The van der Waals surface area contributed by atoms with Crippen LogP contribution in [0.3, 0.4) is 0 Å². The van der Waals surface area contributed by atoms with Crippen molar-refractivity contribution >= 4 is 23.8 Å². The van der Waals surface area contributed by atoms with Gasteiger partial charge >= 0.3 is 5.69 Å². The molecule has 3 aromatic rings. The molecule has 1 aliphatic rings. The topological polar surface area (TPSA) is 31.9 Å². The van der Waals surface area contributed by atoms with Crippen molar-refractivity contribution in [3.8, 4) is 5.69 Å². The minimum Gasteiger partial charge on any atom is -0.256 e. The highest BCUT2D eigenvalue weighted by molar-refractivity contribution is 7.71. The molecule has 2 heterocycles. The number of aromatic nitrogens is 3. The summed E-state index contributed by atoms with van der Waals surface area (Å²) < 4.78 is 5.89. The highest BCUT2D eigenvalue weighted by Crippen LogP contribution is 2.16. The quantitative estimate of drug-likeness (QED) is 0.646. The summed E-state index contributed by atoms with van der Waals surface area (Å²) in [5.41, 5.74) is 3.16. The van der Waals surface area contributed by atoms with E-state index in [2.05, 4.69) is 0 Å². The first kappa shape index (κ1) is 16.4. The number of fused-ring (bicyclic) bond motifs is 1. The van der Waals surface area contributed by atoms with Crippen molar-refractivity contribution < 1.29 is 0 Å². The molecule has 0 spiro atoms. The molecule has 0 aliphatic carbocycles. The molecule has 0 N–H and O–H groups in total. The van der Waals surface area contributed by atoms with Crippen molar-refractivity contribution in [3.05, 3.63) is 79.9 Å². The first-order chi connectivity index (χ1) is 12.1. The molecule has 0 amide bonds. The Morgan fingerprint density at radius 3 is 2.04 bits per heavy atom. The van der Waals surface area contributed by atoms with E-state index in [9.17, 15) is 4.79 Å². The summed E-state index contributed by atoms with van der Waals surface area (Å²) in [6.07, 6.45) is 2.92. The van der Waals surface area contributed by atoms with Crippen LogP contribution in [0.1, 0.15) is 24.0 Å². The number of nitrogens with zero attached hydrogens (tertiary/aromatic N) is 3. The van der Waals surface area contributed by atoms with E-state index in [0.717, 1.165) is 43.1 Å². The minimum absolute atomic E-state index is 0.0462. The van der Waals surface area contributed by atoms with E-state index in [4.69, 9.17) is 23.8 Å². The number of hydrogen-bond donors (Lipinski definition) is 0. The van der Waals surface area contributed by atoms with Crippen LogP contribution in [0, 0.1) is 4.77 Å². The molecule has 25 heavy (non-hydrogen) atoms. The van der Waals surface area contributed by atoms with Gasteiger partial charge in [0.1, 0.15) is 0 Å². The fourth-order valence-corrected chi connectivity index (χ4v) is 3.80. The van der Waals surface area contributed by atoms with Crippen LogP contribution in [0.25, 0.3) is 5.69 Å². The third-order valence-corrected chi connectivity index (χ3v) is 5.27. The molecule has 0 radical (unpaired) electrons. The van der Waals surface area contributed by atoms with Gasteiger partial charge in [-0.1, -0.05) is 35.9 Å². The molecule has 0 saturated heterocycles. The molecule has 1 aromatic heterocycles. The lowest BCUT2D eigenvalue weighted by Gasteiger charge is -2.14. The summed E-state index contributed by atoms with van der Waals surface area (Å²) in [5, 5.41) is 0.742. The predicted molar refractivity (Wildman–Crippen MR) is 102 cm³/mol. The summed E-state index contributed by atoms with van der Waals surface area (Å²) in [4.78, 5) is 12.7. The Kier molecular flexibility index (Phi) is 4.36. The van der Waals surface area contributed by atoms with Crippen LogP contribution in [-0.2, 0) is 19.5 Å². The molecule has 1 aliphatic heterocycles. The van der Waals surface area contributed by atoms with Gasteiger partial charge in [-0.2, -0.15) is 0 Å². The molecule has 0 bridgehead atoms. The molecule has 0 fully saturated rings. The van der Waals surface area contributed by atoms with Gasteiger partial charge in [-0.15, -0.1) is 0 Å². The molecular weight excluding hydrogens is 354 g/mol. The van der Waals surface area contributed by atoms with E-state index in [1.807, 2.05) is 53.2 Å². The molecule has 128 valence electrons. The van der Waals surface area contributed by atoms with Crippen LogP contribution in [0.4, 0.5) is 0 Å². The highest BCUT2D eigenvalue weighted by atomic mass is 35.5. The molecule has 6 heteroatoms. The van der Waals surface area contributed by atoms with Crippen LogP contribution in [0.5, 0.6) is 0 Å². The second kappa shape index (κ2) is 6.65. The van der Waals surface area contributed by atoms with Crippen LogP contribution >= 0.6 is 23.8 Å². The summed E-state index contributed by atoms with van der Waals surface area (Å²) in [6, 6.07) is 15.9. The van der Waals surface area contributed by atoms with Crippen LogP contribution in [0.15, 0.2) is 53.3 Å². The molecule has 4 nitrogen and oxygen atoms in total.